The van der Waals surface area contributed by atoms with Gasteiger partial charge in [0.1, 0.15) is 4.88 Å². The first kappa shape index (κ1) is 12.9. The molecular weight excluding hydrogens is 247 g/mol. The van der Waals surface area contributed by atoms with Crippen LogP contribution in [0.15, 0.2) is 0 Å². The van der Waals surface area contributed by atoms with Crippen molar-refractivity contribution >= 4 is 17.3 Å². The minimum absolute atomic E-state index is 0.103. The zero-order chi connectivity index (χ0) is 12.3. The van der Waals surface area contributed by atoms with Crippen molar-refractivity contribution in [2.45, 2.75) is 12.6 Å². The fourth-order valence-corrected chi connectivity index (χ4v) is 1.90. The molecule has 90 valence electrons. The summed E-state index contributed by atoms with van der Waals surface area (Å²) in [6.07, 6.45) is -4.58. The Morgan fingerprint density at radius 1 is 1.56 bits per heavy atom. The van der Waals surface area contributed by atoms with Crippen molar-refractivity contribution in [3.8, 4) is 0 Å². The van der Waals surface area contributed by atoms with Gasteiger partial charge in [-0.2, -0.15) is 13.2 Å². The molecule has 1 rings (SSSR count). The van der Waals surface area contributed by atoms with Crippen LogP contribution >= 0.6 is 11.3 Å². The second-order valence-electron chi connectivity index (χ2n) is 2.83. The molecule has 0 aliphatic heterocycles. The molecule has 0 bridgehead atoms. The number of hydrogen-bond donors (Lipinski definition) is 1. The summed E-state index contributed by atoms with van der Waals surface area (Å²) >= 11 is 0.524. The van der Waals surface area contributed by atoms with Gasteiger partial charge in [0.2, 0.25) is 0 Å². The summed E-state index contributed by atoms with van der Waals surface area (Å²) in [6, 6.07) is 0. The largest absolute Gasteiger partial charge is 0.477 e. The van der Waals surface area contributed by atoms with Crippen LogP contribution < -0.4 is 0 Å². The van der Waals surface area contributed by atoms with E-state index in [1.54, 1.807) is 0 Å². The molecule has 0 atom stereocenters. The third-order valence-electron chi connectivity index (χ3n) is 1.65. The Balaban J connectivity index is 3.06. The second-order valence-corrected chi connectivity index (χ2v) is 3.91. The van der Waals surface area contributed by atoms with E-state index < -0.39 is 22.7 Å². The standard InChI is InChI=1S/C8H8F3NO3S/c1-15-3-2-4-12-6(8(9,10)11)5(16-4)7(13)14/h2-3H2,1H3,(H,13,14). The Kier molecular flexibility index (Phi) is 3.87. The summed E-state index contributed by atoms with van der Waals surface area (Å²) in [4.78, 5) is 13.1. The summed E-state index contributed by atoms with van der Waals surface area (Å²) < 4.78 is 41.9. The highest BCUT2D eigenvalue weighted by atomic mass is 32.1. The number of aromatic nitrogens is 1. The molecule has 4 nitrogen and oxygen atoms in total. The highest BCUT2D eigenvalue weighted by Gasteiger charge is 2.39. The summed E-state index contributed by atoms with van der Waals surface area (Å²) in [5.74, 6) is -1.62. The van der Waals surface area contributed by atoms with Gasteiger partial charge >= 0.3 is 12.1 Å². The Bertz CT molecular complexity index is 388. The number of ether oxygens (including phenoxy) is 1. The van der Waals surface area contributed by atoms with Gasteiger partial charge in [0.25, 0.3) is 0 Å². The van der Waals surface area contributed by atoms with E-state index in [-0.39, 0.29) is 18.0 Å². The number of thiazole rings is 1. The van der Waals surface area contributed by atoms with Gasteiger partial charge in [-0.1, -0.05) is 0 Å². The molecule has 0 fully saturated rings. The lowest BCUT2D eigenvalue weighted by molar-refractivity contribution is -0.141. The molecule has 1 aromatic heterocycles. The van der Waals surface area contributed by atoms with Crippen molar-refractivity contribution in [3.63, 3.8) is 0 Å². The van der Waals surface area contributed by atoms with Crippen molar-refractivity contribution in [2.24, 2.45) is 0 Å². The Hall–Kier alpha value is -1.15. The Morgan fingerprint density at radius 2 is 2.19 bits per heavy atom. The summed E-state index contributed by atoms with van der Waals surface area (Å²) in [5, 5.41) is 8.71. The maximum atomic E-state index is 12.4. The van der Waals surface area contributed by atoms with E-state index in [1.807, 2.05) is 0 Å². The minimum Gasteiger partial charge on any atom is -0.477 e. The van der Waals surface area contributed by atoms with E-state index >= 15 is 0 Å². The SMILES string of the molecule is COCCc1nc(C(F)(F)F)c(C(=O)O)s1. The monoisotopic (exact) mass is 255 g/mol. The average Bonchev–Trinajstić information content (AvgIpc) is 2.58. The number of nitrogens with zero attached hydrogens (tertiary/aromatic N) is 1. The van der Waals surface area contributed by atoms with E-state index in [0.29, 0.717) is 11.3 Å². The zero-order valence-electron chi connectivity index (χ0n) is 8.17. The number of carboxylic acid groups (broad SMARTS) is 1. The predicted molar refractivity (Wildman–Crippen MR) is 49.7 cm³/mol. The van der Waals surface area contributed by atoms with Crippen molar-refractivity contribution < 1.29 is 27.8 Å². The van der Waals surface area contributed by atoms with Crippen molar-refractivity contribution in [2.75, 3.05) is 13.7 Å². The van der Waals surface area contributed by atoms with Crippen LogP contribution in [0, 0.1) is 0 Å². The van der Waals surface area contributed by atoms with Crippen LogP contribution in [0.1, 0.15) is 20.4 Å². The van der Waals surface area contributed by atoms with Gasteiger partial charge < -0.3 is 9.84 Å². The number of carbonyl (C=O) groups is 1. The molecule has 0 radical (unpaired) electrons. The van der Waals surface area contributed by atoms with Gasteiger partial charge in [0.05, 0.1) is 11.6 Å². The number of halogens is 3. The maximum absolute atomic E-state index is 12.4. The van der Waals surface area contributed by atoms with E-state index in [2.05, 4.69) is 9.72 Å². The number of carboxylic acids is 1. The molecule has 16 heavy (non-hydrogen) atoms. The minimum atomic E-state index is -4.74. The zero-order valence-corrected chi connectivity index (χ0v) is 8.98. The highest BCUT2D eigenvalue weighted by Crippen LogP contribution is 2.34. The molecule has 0 spiro atoms. The van der Waals surface area contributed by atoms with Gasteiger partial charge in [0, 0.05) is 13.5 Å². The van der Waals surface area contributed by atoms with Gasteiger partial charge in [0.15, 0.2) is 5.69 Å². The molecular formula is C8H8F3NO3S. The highest BCUT2D eigenvalue weighted by molar-refractivity contribution is 7.13. The summed E-state index contributed by atoms with van der Waals surface area (Å²) in [7, 11) is 1.40. The average molecular weight is 255 g/mol. The lowest BCUT2D eigenvalue weighted by Gasteiger charge is -2.02. The van der Waals surface area contributed by atoms with Gasteiger partial charge in [-0.25, -0.2) is 9.78 Å². The third kappa shape index (κ3) is 2.92. The van der Waals surface area contributed by atoms with E-state index in [4.69, 9.17) is 5.11 Å². The molecule has 0 aliphatic rings. The number of rotatable bonds is 4. The van der Waals surface area contributed by atoms with Gasteiger partial charge in [-0.3, -0.25) is 0 Å². The Labute approximate surface area is 92.7 Å². The number of aromatic carboxylic acids is 1. The predicted octanol–water partition coefficient (Wildman–Crippen LogP) is 2.05. The first-order chi connectivity index (χ1) is 7.36. The quantitative estimate of drug-likeness (QED) is 0.894. The van der Waals surface area contributed by atoms with Crippen LogP contribution in [0.2, 0.25) is 0 Å². The van der Waals surface area contributed by atoms with Crippen LogP contribution in [0.25, 0.3) is 0 Å². The van der Waals surface area contributed by atoms with Crippen LogP contribution in [0.5, 0.6) is 0 Å². The molecule has 0 saturated heterocycles. The molecule has 0 unspecified atom stereocenters. The second kappa shape index (κ2) is 4.79. The third-order valence-corrected chi connectivity index (χ3v) is 2.76. The maximum Gasteiger partial charge on any atom is 0.435 e. The molecule has 0 aliphatic carbocycles. The lowest BCUT2D eigenvalue weighted by Crippen LogP contribution is -2.11. The van der Waals surface area contributed by atoms with Crippen molar-refractivity contribution in [1.29, 1.82) is 0 Å². The first-order valence-corrected chi connectivity index (χ1v) is 4.97. The fourth-order valence-electron chi connectivity index (χ4n) is 0.998. The first-order valence-electron chi connectivity index (χ1n) is 4.15. The molecule has 1 heterocycles. The topological polar surface area (TPSA) is 59.4 Å². The molecule has 8 heteroatoms. The smallest absolute Gasteiger partial charge is 0.435 e. The number of methoxy groups -OCH3 is 1. The number of alkyl halides is 3. The van der Waals surface area contributed by atoms with Crippen molar-refractivity contribution in [3.05, 3.63) is 15.6 Å². The molecule has 0 saturated carbocycles. The van der Waals surface area contributed by atoms with E-state index in [9.17, 15) is 18.0 Å². The normalized spacial score (nSPS) is 11.8. The lowest BCUT2D eigenvalue weighted by atomic mass is 10.3. The van der Waals surface area contributed by atoms with Crippen molar-refractivity contribution in [1.82, 2.24) is 4.98 Å². The number of hydrogen-bond acceptors (Lipinski definition) is 4. The van der Waals surface area contributed by atoms with Gasteiger partial charge in [-0.05, 0) is 0 Å². The molecule has 0 amide bonds. The van der Waals surface area contributed by atoms with E-state index in [1.165, 1.54) is 7.11 Å². The molecule has 0 aromatic carbocycles. The Morgan fingerprint density at radius 3 is 2.56 bits per heavy atom. The van der Waals surface area contributed by atoms with Crippen LogP contribution in [0.3, 0.4) is 0 Å². The van der Waals surface area contributed by atoms with Gasteiger partial charge in [-0.15, -0.1) is 11.3 Å². The van der Waals surface area contributed by atoms with E-state index in [0.717, 1.165) is 0 Å². The molecule has 1 N–H and O–H groups in total. The summed E-state index contributed by atoms with van der Waals surface area (Å²) in [5.41, 5.74) is -1.34. The van der Waals surface area contributed by atoms with Crippen LogP contribution in [-0.4, -0.2) is 29.8 Å². The van der Waals surface area contributed by atoms with Crippen LogP contribution in [0.4, 0.5) is 13.2 Å². The van der Waals surface area contributed by atoms with Crippen LogP contribution in [-0.2, 0) is 17.3 Å². The fraction of sp³-hybridized carbons (Fsp3) is 0.500. The molecule has 1 aromatic rings. The summed E-state index contributed by atoms with van der Waals surface area (Å²) in [6.45, 7) is 0.198.